The lowest BCUT2D eigenvalue weighted by molar-refractivity contribution is -0.160. The van der Waals surface area contributed by atoms with E-state index in [1.54, 1.807) is 0 Å². The van der Waals surface area contributed by atoms with Crippen LogP contribution < -0.4 is 0 Å². The van der Waals surface area contributed by atoms with Gasteiger partial charge in [-0.05, 0) is 38.5 Å². The van der Waals surface area contributed by atoms with E-state index in [1.165, 1.54) is 96.8 Å². The van der Waals surface area contributed by atoms with E-state index in [9.17, 15) is 24.2 Å². The van der Waals surface area contributed by atoms with Crippen molar-refractivity contribution >= 4 is 19.8 Å². The van der Waals surface area contributed by atoms with Crippen LogP contribution in [0, 0.1) is 0 Å². The van der Waals surface area contributed by atoms with Crippen LogP contribution in [0.3, 0.4) is 0 Å². The van der Waals surface area contributed by atoms with Crippen LogP contribution in [0.15, 0.2) is 24.3 Å². The zero-order chi connectivity index (χ0) is 33.4. The highest BCUT2D eigenvalue weighted by molar-refractivity contribution is 7.47. The maximum atomic E-state index is 12.2. The lowest BCUT2D eigenvalue weighted by Crippen LogP contribution is -2.29. The number of hydrogen-bond donors (Lipinski definition) is 3. The van der Waals surface area contributed by atoms with Crippen molar-refractivity contribution in [3.63, 3.8) is 0 Å². The van der Waals surface area contributed by atoms with Crippen LogP contribution in [0.4, 0.5) is 0 Å². The Balaban J connectivity index is 3.78. The Hall–Kier alpha value is -1.55. The zero-order valence-electron chi connectivity index (χ0n) is 28.1. The van der Waals surface area contributed by atoms with Gasteiger partial charge in [-0.3, -0.25) is 18.6 Å². The Kier molecular flexibility index (Phi) is 30.0. The number of rotatable bonds is 32. The Morgan fingerprint density at radius 2 is 1.20 bits per heavy atom. The van der Waals surface area contributed by atoms with Crippen molar-refractivity contribution in [3.05, 3.63) is 24.3 Å². The molecule has 0 saturated heterocycles. The van der Waals surface area contributed by atoms with Crippen molar-refractivity contribution in [2.45, 2.75) is 154 Å². The van der Waals surface area contributed by atoms with Crippen LogP contribution in [0.25, 0.3) is 0 Å². The van der Waals surface area contributed by atoms with Crippen molar-refractivity contribution in [3.8, 4) is 0 Å². The maximum Gasteiger partial charge on any atom is 0.472 e. The fraction of sp³-hybridized carbons (Fsp3) is 0.824. The quantitative estimate of drug-likeness (QED) is 0.0281. The molecule has 0 aliphatic carbocycles. The number of unbranched alkanes of at least 4 members (excludes halogenated alkanes) is 16. The second-order valence-electron chi connectivity index (χ2n) is 11.6. The van der Waals surface area contributed by atoms with E-state index in [1.807, 2.05) is 0 Å². The number of phosphoric ester groups is 1. The predicted molar refractivity (Wildman–Crippen MR) is 178 cm³/mol. The molecule has 0 saturated carbocycles. The maximum absolute atomic E-state index is 12.2. The van der Waals surface area contributed by atoms with Gasteiger partial charge in [0.05, 0.1) is 19.8 Å². The third kappa shape index (κ3) is 32.2. The van der Waals surface area contributed by atoms with E-state index in [4.69, 9.17) is 19.1 Å². The van der Waals surface area contributed by atoms with Crippen LogP contribution in [-0.2, 0) is 32.7 Å². The first kappa shape index (κ1) is 43.5. The first-order valence-electron chi connectivity index (χ1n) is 17.2. The molecule has 0 aliphatic rings. The zero-order valence-corrected chi connectivity index (χ0v) is 29.0. The number of aliphatic hydroxyl groups excluding tert-OH is 2. The molecule has 0 radical (unpaired) electrons. The summed E-state index contributed by atoms with van der Waals surface area (Å²) in [5.74, 6) is -1.12. The minimum Gasteiger partial charge on any atom is -0.462 e. The predicted octanol–water partition coefficient (Wildman–Crippen LogP) is 7.88. The molecule has 3 unspecified atom stereocenters. The van der Waals surface area contributed by atoms with Gasteiger partial charge in [0.1, 0.15) is 12.7 Å². The molecule has 0 heterocycles. The summed E-state index contributed by atoms with van der Waals surface area (Å²) in [6.45, 7) is 1.29. The molecule has 0 amide bonds. The molecule has 0 aromatic heterocycles. The molecule has 0 aliphatic heterocycles. The fourth-order valence-electron chi connectivity index (χ4n) is 4.51. The second kappa shape index (κ2) is 31.1. The molecule has 0 fully saturated rings. The first-order valence-corrected chi connectivity index (χ1v) is 18.7. The van der Waals surface area contributed by atoms with E-state index in [-0.39, 0.29) is 13.0 Å². The minimum absolute atomic E-state index is 0.178. The molecule has 10 nitrogen and oxygen atoms in total. The summed E-state index contributed by atoms with van der Waals surface area (Å²) in [4.78, 5) is 33.1. The second-order valence-corrected chi connectivity index (χ2v) is 13.1. The van der Waals surface area contributed by atoms with Gasteiger partial charge in [-0.15, -0.1) is 0 Å². The third-order valence-corrected chi connectivity index (χ3v) is 8.12. The molecule has 264 valence electrons. The Morgan fingerprint density at radius 3 is 1.71 bits per heavy atom. The molecule has 0 rings (SSSR count). The topological polar surface area (TPSA) is 149 Å². The Morgan fingerprint density at radius 1 is 0.711 bits per heavy atom. The lowest BCUT2D eigenvalue weighted by atomic mass is 10.0. The minimum atomic E-state index is -4.57. The molecule has 0 spiro atoms. The van der Waals surface area contributed by atoms with E-state index < -0.39 is 51.8 Å². The smallest absolute Gasteiger partial charge is 0.462 e. The summed E-state index contributed by atoms with van der Waals surface area (Å²) in [7, 11) is -4.57. The average molecular weight is 663 g/mol. The number of phosphoric acid groups is 1. The van der Waals surface area contributed by atoms with Crippen molar-refractivity contribution < 1.29 is 47.8 Å². The number of allylic oxidation sites excluding steroid dienone is 4. The molecule has 3 atom stereocenters. The number of esters is 2. The van der Waals surface area contributed by atoms with Crippen molar-refractivity contribution in [1.29, 1.82) is 0 Å². The molecule has 45 heavy (non-hydrogen) atoms. The van der Waals surface area contributed by atoms with Crippen LogP contribution in [0.1, 0.15) is 142 Å². The van der Waals surface area contributed by atoms with Gasteiger partial charge >= 0.3 is 19.8 Å². The molecular weight excluding hydrogens is 599 g/mol. The number of carbonyl (C=O) groups is 2. The van der Waals surface area contributed by atoms with E-state index in [0.29, 0.717) is 6.42 Å². The summed E-state index contributed by atoms with van der Waals surface area (Å²) < 4.78 is 31.4. The Bertz CT molecular complexity index is 817. The van der Waals surface area contributed by atoms with Gasteiger partial charge < -0.3 is 24.6 Å². The van der Waals surface area contributed by atoms with E-state index in [2.05, 4.69) is 35.8 Å². The highest BCUT2D eigenvalue weighted by atomic mass is 31.2. The molecule has 0 aromatic rings. The lowest BCUT2D eigenvalue weighted by Gasteiger charge is -2.20. The summed E-state index contributed by atoms with van der Waals surface area (Å²) in [5, 5.41) is 18.0. The first-order chi connectivity index (χ1) is 21.7. The van der Waals surface area contributed by atoms with Gasteiger partial charge in [-0.2, -0.15) is 0 Å². The number of hydrogen-bond acceptors (Lipinski definition) is 9. The van der Waals surface area contributed by atoms with Gasteiger partial charge in [0, 0.05) is 13.3 Å². The summed E-state index contributed by atoms with van der Waals surface area (Å²) in [6, 6.07) is 0. The molecule has 0 aromatic carbocycles. The summed E-state index contributed by atoms with van der Waals surface area (Å²) in [6.07, 6.45) is 29.7. The number of ether oxygens (including phenoxy) is 2. The SMILES string of the molecule is CCCCCCC/C=C\C/C=C\CCCCCCCCCCCCCC(=O)OC(COC(C)=O)COP(=O)(O)OCC(O)CO. The van der Waals surface area contributed by atoms with E-state index in [0.717, 1.165) is 25.7 Å². The van der Waals surface area contributed by atoms with Gasteiger partial charge in [0.25, 0.3) is 0 Å². The largest absolute Gasteiger partial charge is 0.472 e. The van der Waals surface area contributed by atoms with Gasteiger partial charge in [0.2, 0.25) is 0 Å². The molecule has 0 bridgehead atoms. The standard InChI is InChI=1S/C34H63O10P/c1-3-4-5-6-7-8-9-10-11-12-13-14-15-16-17-18-19-20-21-22-23-24-25-26-34(38)44-33(29-41-31(2)36)30-43-45(39,40)42-28-32(37)27-35/h9-10,12-13,32-33,35,37H,3-8,11,14-30H2,1-2H3,(H,39,40)/b10-9-,13-12-. The third-order valence-electron chi connectivity index (χ3n) is 7.17. The molecular formula is C34H63O10P. The average Bonchev–Trinajstić information content (AvgIpc) is 3.01. The van der Waals surface area contributed by atoms with E-state index >= 15 is 0 Å². The van der Waals surface area contributed by atoms with Gasteiger partial charge in [-0.25, -0.2) is 4.57 Å². The number of carbonyl (C=O) groups excluding carboxylic acids is 2. The summed E-state index contributed by atoms with van der Waals surface area (Å²) in [5.41, 5.74) is 0. The van der Waals surface area contributed by atoms with Crippen LogP contribution >= 0.6 is 7.82 Å². The summed E-state index contributed by atoms with van der Waals surface area (Å²) >= 11 is 0. The van der Waals surface area contributed by atoms with Crippen LogP contribution in [0.2, 0.25) is 0 Å². The van der Waals surface area contributed by atoms with Gasteiger partial charge in [-0.1, -0.05) is 115 Å². The van der Waals surface area contributed by atoms with Crippen LogP contribution in [-0.4, -0.2) is 65.7 Å². The van der Waals surface area contributed by atoms with Crippen molar-refractivity contribution in [1.82, 2.24) is 0 Å². The fourth-order valence-corrected chi connectivity index (χ4v) is 5.30. The Labute approximate surface area is 272 Å². The normalized spacial score (nSPS) is 14.5. The van der Waals surface area contributed by atoms with Crippen molar-refractivity contribution in [2.75, 3.05) is 26.4 Å². The molecule has 11 heteroatoms. The van der Waals surface area contributed by atoms with Gasteiger partial charge in [0.15, 0.2) is 6.10 Å². The van der Waals surface area contributed by atoms with Crippen molar-refractivity contribution in [2.24, 2.45) is 0 Å². The highest BCUT2D eigenvalue weighted by Crippen LogP contribution is 2.43. The highest BCUT2D eigenvalue weighted by Gasteiger charge is 2.26. The monoisotopic (exact) mass is 662 g/mol. The van der Waals surface area contributed by atoms with Crippen LogP contribution in [0.5, 0.6) is 0 Å². The molecule has 3 N–H and O–H groups in total. The number of aliphatic hydroxyl groups is 2.